The molecule has 0 unspecified atom stereocenters. The Labute approximate surface area is 47.1 Å². The maximum Gasteiger partial charge on any atom is 0.331 e. The quantitative estimate of drug-likeness (QED) is 0.427. The molecule has 2 rings (SSSR count). The summed E-state index contributed by atoms with van der Waals surface area (Å²) in [5.74, 6) is -0.178. The van der Waals surface area contributed by atoms with Crippen molar-refractivity contribution in [2.45, 2.75) is 18.4 Å². The molecule has 2 aliphatic rings. The molecule has 1 saturated carbocycles. The lowest BCUT2D eigenvalue weighted by Gasteiger charge is -2.00. The summed E-state index contributed by atoms with van der Waals surface area (Å²) < 4.78 is 4.91. The van der Waals surface area contributed by atoms with Crippen molar-refractivity contribution in [3.63, 3.8) is 0 Å². The maximum atomic E-state index is 10.4. The van der Waals surface area contributed by atoms with Gasteiger partial charge in [0.2, 0.25) is 0 Å². The molecular weight excluding hydrogens is 104 g/mol. The normalized spacial score (nSPS) is 28.8. The Morgan fingerprint density at radius 3 is 2.62 bits per heavy atom. The van der Waals surface area contributed by atoms with Crippen LogP contribution in [-0.4, -0.2) is 11.6 Å². The van der Waals surface area contributed by atoms with Gasteiger partial charge >= 0.3 is 5.97 Å². The highest BCUT2D eigenvalue weighted by atomic mass is 16.6. The van der Waals surface area contributed by atoms with Gasteiger partial charge < -0.3 is 4.74 Å². The Balaban J connectivity index is 2.26. The van der Waals surface area contributed by atoms with Gasteiger partial charge in [-0.1, -0.05) is 0 Å². The number of esters is 1. The zero-order valence-corrected chi connectivity index (χ0v) is 4.39. The van der Waals surface area contributed by atoms with Crippen molar-refractivity contribution >= 4 is 5.97 Å². The molecule has 2 nitrogen and oxygen atoms in total. The first-order valence-corrected chi connectivity index (χ1v) is 2.73. The van der Waals surface area contributed by atoms with Gasteiger partial charge in [0.1, 0.15) is 5.60 Å². The van der Waals surface area contributed by atoms with E-state index in [2.05, 4.69) is 0 Å². The topological polar surface area (TPSA) is 26.3 Å². The van der Waals surface area contributed by atoms with E-state index in [9.17, 15) is 4.79 Å². The summed E-state index contributed by atoms with van der Waals surface area (Å²) in [6.45, 7) is 0. The second-order valence-electron chi connectivity index (χ2n) is 2.32. The SMILES string of the molecule is O=C1C=CC2(CC2)O1. The van der Waals surface area contributed by atoms with Gasteiger partial charge in [0.05, 0.1) is 0 Å². The van der Waals surface area contributed by atoms with Crippen molar-refractivity contribution in [1.29, 1.82) is 0 Å². The molecule has 1 heterocycles. The van der Waals surface area contributed by atoms with Crippen LogP contribution in [0.1, 0.15) is 12.8 Å². The molecule has 0 aromatic rings. The predicted octanol–water partition coefficient (Wildman–Crippen LogP) is 0.632. The summed E-state index contributed by atoms with van der Waals surface area (Å²) in [4.78, 5) is 10.4. The molecule has 0 atom stereocenters. The summed E-state index contributed by atoms with van der Waals surface area (Å²) in [6, 6.07) is 0. The molecule has 42 valence electrons. The molecule has 0 amide bonds. The first kappa shape index (κ1) is 4.13. The van der Waals surface area contributed by atoms with Crippen LogP contribution in [0, 0.1) is 0 Å². The number of ether oxygens (including phenoxy) is 1. The fraction of sp³-hybridized carbons (Fsp3) is 0.500. The Morgan fingerprint density at radius 1 is 1.62 bits per heavy atom. The summed E-state index contributed by atoms with van der Waals surface area (Å²) in [5.41, 5.74) is -0.114. The van der Waals surface area contributed by atoms with Crippen molar-refractivity contribution in [2.24, 2.45) is 0 Å². The molecule has 0 aromatic heterocycles. The lowest BCUT2D eigenvalue weighted by Crippen LogP contribution is -2.06. The molecule has 2 heteroatoms. The highest BCUT2D eigenvalue weighted by Gasteiger charge is 2.47. The number of hydrogen-bond donors (Lipinski definition) is 0. The Bertz CT molecular complexity index is 165. The van der Waals surface area contributed by atoms with E-state index in [-0.39, 0.29) is 11.6 Å². The molecule has 0 saturated heterocycles. The minimum absolute atomic E-state index is 0.114. The Morgan fingerprint density at radius 2 is 2.38 bits per heavy atom. The fourth-order valence-corrected chi connectivity index (χ4v) is 0.880. The number of carbonyl (C=O) groups is 1. The van der Waals surface area contributed by atoms with Gasteiger partial charge in [-0.25, -0.2) is 4.79 Å². The lowest BCUT2D eigenvalue weighted by molar-refractivity contribution is -0.139. The van der Waals surface area contributed by atoms with Crippen molar-refractivity contribution in [1.82, 2.24) is 0 Å². The molecule has 0 aromatic carbocycles. The fourth-order valence-electron chi connectivity index (χ4n) is 0.880. The van der Waals surface area contributed by atoms with Crippen LogP contribution in [0.25, 0.3) is 0 Å². The second kappa shape index (κ2) is 0.966. The maximum absolute atomic E-state index is 10.4. The van der Waals surface area contributed by atoms with Gasteiger partial charge in [0.25, 0.3) is 0 Å². The van der Waals surface area contributed by atoms with E-state index in [0.717, 1.165) is 12.8 Å². The van der Waals surface area contributed by atoms with E-state index in [1.54, 1.807) is 0 Å². The van der Waals surface area contributed by atoms with E-state index < -0.39 is 0 Å². The van der Waals surface area contributed by atoms with Gasteiger partial charge in [0.15, 0.2) is 0 Å². The van der Waals surface area contributed by atoms with Gasteiger partial charge in [-0.3, -0.25) is 0 Å². The van der Waals surface area contributed by atoms with Crippen LogP contribution < -0.4 is 0 Å². The molecular formula is C6H6O2. The third-order valence-electron chi connectivity index (χ3n) is 1.57. The number of rotatable bonds is 0. The standard InChI is InChI=1S/C6H6O2/c7-5-1-2-6(8-5)3-4-6/h1-2H,3-4H2. The lowest BCUT2D eigenvalue weighted by atomic mass is 10.3. The summed E-state index contributed by atoms with van der Waals surface area (Å²) >= 11 is 0. The van der Waals surface area contributed by atoms with Crippen molar-refractivity contribution < 1.29 is 9.53 Å². The van der Waals surface area contributed by atoms with Crippen LogP contribution in [-0.2, 0) is 9.53 Å². The van der Waals surface area contributed by atoms with Gasteiger partial charge in [-0.15, -0.1) is 0 Å². The molecule has 1 aliphatic heterocycles. The van der Waals surface area contributed by atoms with Crippen LogP contribution in [0.3, 0.4) is 0 Å². The molecule has 1 aliphatic carbocycles. The molecule has 8 heavy (non-hydrogen) atoms. The number of carbonyl (C=O) groups excluding carboxylic acids is 1. The van der Waals surface area contributed by atoms with E-state index in [1.807, 2.05) is 6.08 Å². The molecule has 0 bridgehead atoms. The summed E-state index contributed by atoms with van der Waals surface area (Å²) in [5, 5.41) is 0. The van der Waals surface area contributed by atoms with Crippen molar-refractivity contribution in [2.75, 3.05) is 0 Å². The Hall–Kier alpha value is -0.790. The van der Waals surface area contributed by atoms with Crippen LogP contribution in [0.15, 0.2) is 12.2 Å². The van der Waals surface area contributed by atoms with Crippen molar-refractivity contribution in [3.8, 4) is 0 Å². The van der Waals surface area contributed by atoms with Gasteiger partial charge in [-0.05, 0) is 18.9 Å². The summed E-state index contributed by atoms with van der Waals surface area (Å²) in [6.07, 6.45) is 5.41. The zero-order valence-electron chi connectivity index (χ0n) is 4.39. The molecule has 0 radical (unpaired) electrons. The third kappa shape index (κ3) is 0.399. The second-order valence-corrected chi connectivity index (χ2v) is 2.32. The largest absolute Gasteiger partial charge is 0.452 e. The smallest absolute Gasteiger partial charge is 0.331 e. The van der Waals surface area contributed by atoms with E-state index in [0.29, 0.717) is 0 Å². The van der Waals surface area contributed by atoms with Crippen LogP contribution in [0.5, 0.6) is 0 Å². The first-order valence-electron chi connectivity index (χ1n) is 2.73. The average molecular weight is 110 g/mol. The van der Waals surface area contributed by atoms with Crippen molar-refractivity contribution in [3.05, 3.63) is 12.2 Å². The van der Waals surface area contributed by atoms with Gasteiger partial charge in [0, 0.05) is 6.08 Å². The van der Waals surface area contributed by atoms with Gasteiger partial charge in [-0.2, -0.15) is 0 Å². The first-order chi connectivity index (χ1) is 3.81. The highest BCUT2D eigenvalue weighted by Crippen LogP contribution is 2.43. The molecule has 1 spiro atoms. The molecule has 1 fully saturated rings. The molecule has 0 N–H and O–H groups in total. The average Bonchev–Trinajstić information content (AvgIpc) is 2.34. The zero-order chi connectivity index (χ0) is 5.61. The Kier molecular flexibility index (Phi) is 0.498. The van der Waals surface area contributed by atoms with Crippen LogP contribution >= 0.6 is 0 Å². The van der Waals surface area contributed by atoms with E-state index in [4.69, 9.17) is 4.74 Å². The van der Waals surface area contributed by atoms with E-state index in [1.165, 1.54) is 6.08 Å². The van der Waals surface area contributed by atoms with Crippen LogP contribution in [0.4, 0.5) is 0 Å². The minimum atomic E-state index is -0.178. The third-order valence-corrected chi connectivity index (χ3v) is 1.57. The monoisotopic (exact) mass is 110 g/mol. The predicted molar refractivity (Wildman–Crippen MR) is 27.2 cm³/mol. The minimum Gasteiger partial charge on any atom is -0.452 e. The summed E-state index contributed by atoms with van der Waals surface area (Å²) in [7, 11) is 0. The van der Waals surface area contributed by atoms with Crippen LogP contribution in [0.2, 0.25) is 0 Å². The number of hydrogen-bond acceptors (Lipinski definition) is 2. The van der Waals surface area contributed by atoms with E-state index >= 15 is 0 Å². The highest BCUT2D eigenvalue weighted by molar-refractivity contribution is 5.85.